The minimum atomic E-state index is -0.682. The molecule has 2 aromatic rings. The van der Waals surface area contributed by atoms with E-state index in [4.69, 9.17) is 0 Å². The zero-order valence-electron chi connectivity index (χ0n) is 17.1. The van der Waals surface area contributed by atoms with Gasteiger partial charge in [0.15, 0.2) is 0 Å². The summed E-state index contributed by atoms with van der Waals surface area (Å²) in [5.41, 5.74) is 1.26. The number of nitrogens with zero attached hydrogens (tertiary/aromatic N) is 2. The van der Waals surface area contributed by atoms with Gasteiger partial charge in [0.2, 0.25) is 0 Å². The van der Waals surface area contributed by atoms with Gasteiger partial charge in [0.05, 0.1) is 11.5 Å². The summed E-state index contributed by atoms with van der Waals surface area (Å²) in [7, 11) is 2.17. The Labute approximate surface area is 169 Å². The second kappa shape index (κ2) is 9.34. The van der Waals surface area contributed by atoms with Gasteiger partial charge in [-0.15, -0.1) is 0 Å². The average Bonchev–Trinajstić information content (AvgIpc) is 3.57. The van der Waals surface area contributed by atoms with Crippen molar-refractivity contribution < 1.29 is 4.39 Å². The molecule has 0 amide bonds. The van der Waals surface area contributed by atoms with Crippen molar-refractivity contribution in [2.45, 2.75) is 56.9 Å². The number of halogens is 1. The standard InChI is InChI=1S/C25H31FN2/c1-3-22(28(2)18-16-20-9-5-4-6-10-20)15-17-25(19-27,21-13-14-21)23-11-7-8-12-24(23)26/h4-12,21-22H,3,13-18H2,1-2H3. The number of nitriles is 1. The van der Waals surface area contributed by atoms with E-state index in [-0.39, 0.29) is 5.82 Å². The van der Waals surface area contributed by atoms with E-state index < -0.39 is 5.41 Å². The predicted molar refractivity (Wildman–Crippen MR) is 113 cm³/mol. The molecule has 0 spiro atoms. The molecule has 0 radical (unpaired) electrons. The van der Waals surface area contributed by atoms with Crippen LogP contribution < -0.4 is 0 Å². The van der Waals surface area contributed by atoms with Crippen LogP contribution >= 0.6 is 0 Å². The zero-order valence-corrected chi connectivity index (χ0v) is 17.1. The van der Waals surface area contributed by atoms with Gasteiger partial charge in [-0.3, -0.25) is 0 Å². The van der Waals surface area contributed by atoms with Crippen LogP contribution in [-0.4, -0.2) is 24.5 Å². The van der Waals surface area contributed by atoms with Crippen molar-refractivity contribution in [3.63, 3.8) is 0 Å². The van der Waals surface area contributed by atoms with Gasteiger partial charge in [-0.05, 0) is 63.1 Å². The Kier molecular flexibility index (Phi) is 6.86. The zero-order chi connectivity index (χ0) is 20.0. The lowest BCUT2D eigenvalue weighted by molar-refractivity contribution is 0.210. The Morgan fingerprint density at radius 2 is 1.82 bits per heavy atom. The van der Waals surface area contributed by atoms with Crippen molar-refractivity contribution in [2.75, 3.05) is 13.6 Å². The summed E-state index contributed by atoms with van der Waals surface area (Å²) in [6, 6.07) is 20.4. The van der Waals surface area contributed by atoms with E-state index in [0.717, 1.165) is 45.1 Å². The smallest absolute Gasteiger partial charge is 0.128 e. The maximum atomic E-state index is 14.6. The molecule has 1 aliphatic carbocycles. The first kappa shape index (κ1) is 20.6. The Morgan fingerprint density at radius 3 is 2.43 bits per heavy atom. The van der Waals surface area contributed by atoms with Crippen molar-refractivity contribution >= 4 is 0 Å². The molecule has 0 aliphatic heterocycles. The highest BCUT2D eigenvalue weighted by atomic mass is 19.1. The molecule has 0 N–H and O–H groups in total. The maximum Gasteiger partial charge on any atom is 0.128 e. The van der Waals surface area contributed by atoms with Gasteiger partial charge in [0, 0.05) is 18.2 Å². The monoisotopic (exact) mass is 378 g/mol. The second-order valence-electron chi connectivity index (χ2n) is 8.15. The number of benzene rings is 2. The Balaban J connectivity index is 1.68. The Bertz CT molecular complexity index is 794. The van der Waals surface area contributed by atoms with Crippen molar-refractivity contribution in [3.05, 3.63) is 71.5 Å². The third-order valence-corrected chi connectivity index (χ3v) is 6.39. The molecule has 2 aromatic carbocycles. The summed E-state index contributed by atoms with van der Waals surface area (Å²) in [6.07, 6.45) is 5.76. The molecule has 0 bridgehead atoms. The highest BCUT2D eigenvalue weighted by Crippen LogP contribution is 2.50. The van der Waals surface area contributed by atoms with Crippen LogP contribution in [-0.2, 0) is 11.8 Å². The lowest BCUT2D eigenvalue weighted by Gasteiger charge is -2.33. The maximum absolute atomic E-state index is 14.6. The number of hydrogen-bond donors (Lipinski definition) is 0. The molecule has 28 heavy (non-hydrogen) atoms. The van der Waals surface area contributed by atoms with Gasteiger partial charge in [-0.1, -0.05) is 55.5 Å². The van der Waals surface area contributed by atoms with Gasteiger partial charge < -0.3 is 4.90 Å². The van der Waals surface area contributed by atoms with Crippen molar-refractivity contribution in [3.8, 4) is 6.07 Å². The van der Waals surface area contributed by atoms with Crippen LogP contribution in [0.4, 0.5) is 4.39 Å². The molecule has 3 rings (SSSR count). The number of likely N-dealkylation sites (N-methyl/N-ethyl adjacent to an activating group) is 1. The summed E-state index contributed by atoms with van der Waals surface area (Å²) in [6.45, 7) is 3.20. The van der Waals surface area contributed by atoms with Crippen LogP contribution in [0.25, 0.3) is 0 Å². The summed E-state index contributed by atoms with van der Waals surface area (Å²) >= 11 is 0. The van der Waals surface area contributed by atoms with Crippen LogP contribution in [0.15, 0.2) is 54.6 Å². The molecule has 0 aromatic heterocycles. The highest BCUT2D eigenvalue weighted by molar-refractivity contribution is 5.36. The van der Waals surface area contributed by atoms with E-state index >= 15 is 0 Å². The second-order valence-corrected chi connectivity index (χ2v) is 8.15. The van der Waals surface area contributed by atoms with E-state index in [1.54, 1.807) is 6.07 Å². The fourth-order valence-corrected chi connectivity index (χ4v) is 4.43. The van der Waals surface area contributed by atoms with Crippen molar-refractivity contribution in [1.82, 2.24) is 4.90 Å². The van der Waals surface area contributed by atoms with Crippen molar-refractivity contribution in [1.29, 1.82) is 5.26 Å². The molecule has 0 saturated heterocycles. The molecule has 1 fully saturated rings. The van der Waals surface area contributed by atoms with Gasteiger partial charge in [-0.2, -0.15) is 5.26 Å². The quantitative estimate of drug-likeness (QED) is 0.528. The molecule has 148 valence electrons. The predicted octanol–water partition coefficient (Wildman–Crippen LogP) is 5.73. The number of hydrogen-bond acceptors (Lipinski definition) is 2. The molecule has 1 aliphatic rings. The fraction of sp³-hybridized carbons (Fsp3) is 0.480. The summed E-state index contributed by atoms with van der Waals surface area (Å²) in [4.78, 5) is 2.41. The highest BCUT2D eigenvalue weighted by Gasteiger charge is 2.48. The van der Waals surface area contributed by atoms with E-state index in [2.05, 4.69) is 49.2 Å². The molecule has 2 nitrogen and oxygen atoms in total. The molecule has 2 unspecified atom stereocenters. The van der Waals surface area contributed by atoms with E-state index in [1.807, 2.05) is 18.2 Å². The third-order valence-electron chi connectivity index (χ3n) is 6.39. The molecular weight excluding hydrogens is 347 g/mol. The largest absolute Gasteiger partial charge is 0.303 e. The molecule has 2 atom stereocenters. The Hall–Kier alpha value is -2.18. The minimum absolute atomic E-state index is 0.235. The van der Waals surface area contributed by atoms with Gasteiger partial charge in [-0.25, -0.2) is 4.39 Å². The first-order valence-corrected chi connectivity index (χ1v) is 10.5. The third kappa shape index (κ3) is 4.62. The van der Waals surface area contributed by atoms with Crippen LogP contribution in [0.5, 0.6) is 0 Å². The normalized spacial score (nSPS) is 17.1. The minimum Gasteiger partial charge on any atom is -0.303 e. The summed E-state index contributed by atoms with van der Waals surface area (Å²) in [5.74, 6) is 0.0583. The topological polar surface area (TPSA) is 27.0 Å². The van der Waals surface area contributed by atoms with Crippen LogP contribution in [0.1, 0.15) is 50.2 Å². The lowest BCUT2D eigenvalue weighted by Crippen LogP contribution is -2.36. The van der Waals surface area contributed by atoms with Gasteiger partial charge >= 0.3 is 0 Å². The van der Waals surface area contributed by atoms with Crippen LogP contribution in [0.2, 0.25) is 0 Å². The first-order chi connectivity index (χ1) is 13.6. The van der Waals surface area contributed by atoms with Gasteiger partial charge in [0.25, 0.3) is 0 Å². The van der Waals surface area contributed by atoms with E-state index in [0.29, 0.717) is 17.5 Å². The first-order valence-electron chi connectivity index (χ1n) is 10.5. The van der Waals surface area contributed by atoms with Gasteiger partial charge in [0.1, 0.15) is 5.82 Å². The van der Waals surface area contributed by atoms with E-state index in [9.17, 15) is 9.65 Å². The fourth-order valence-electron chi connectivity index (χ4n) is 4.43. The summed E-state index contributed by atoms with van der Waals surface area (Å²) in [5, 5.41) is 10.1. The Morgan fingerprint density at radius 1 is 1.14 bits per heavy atom. The lowest BCUT2D eigenvalue weighted by atomic mass is 9.72. The number of rotatable bonds is 10. The SMILES string of the molecule is CCC(CCC(C#N)(c1ccccc1F)C1CC1)N(C)CCc1ccccc1. The molecule has 3 heteroatoms. The molecular formula is C25H31FN2. The van der Waals surface area contributed by atoms with Crippen molar-refractivity contribution in [2.24, 2.45) is 5.92 Å². The molecule has 1 saturated carbocycles. The van der Waals surface area contributed by atoms with E-state index in [1.165, 1.54) is 11.6 Å². The van der Waals surface area contributed by atoms with Crippen LogP contribution in [0, 0.1) is 23.1 Å². The molecule has 0 heterocycles. The average molecular weight is 379 g/mol. The summed E-state index contributed by atoms with van der Waals surface area (Å²) < 4.78 is 14.6. The van der Waals surface area contributed by atoms with Crippen LogP contribution in [0.3, 0.4) is 0 Å².